The van der Waals surface area contributed by atoms with Crippen LogP contribution >= 0.6 is 0 Å². The fourth-order valence-electron chi connectivity index (χ4n) is 11.6. The molecule has 3 aliphatic rings. The second-order valence-corrected chi connectivity index (χ2v) is 23.3. The monoisotopic (exact) mass is 1170 g/mol. The largest absolute Gasteiger partial charge is 0.599 e. The van der Waals surface area contributed by atoms with Gasteiger partial charge in [-0.3, -0.25) is 29.0 Å². The van der Waals surface area contributed by atoms with Crippen LogP contribution in [-0.2, 0) is 38.7 Å². The summed E-state index contributed by atoms with van der Waals surface area (Å²) in [6.07, 6.45) is 2.72. The van der Waals surface area contributed by atoms with Crippen molar-refractivity contribution in [2.24, 2.45) is 16.0 Å². The lowest BCUT2D eigenvalue weighted by Gasteiger charge is -2.33. The predicted molar refractivity (Wildman–Crippen MR) is 320 cm³/mol. The Balaban J connectivity index is 1.01. The van der Waals surface area contributed by atoms with Crippen molar-refractivity contribution in [2.75, 3.05) is 19.7 Å². The summed E-state index contributed by atoms with van der Waals surface area (Å²) >= 11 is 0. The number of nitrogens with one attached hydrogen (secondary N) is 6. The van der Waals surface area contributed by atoms with Crippen LogP contribution in [0, 0.1) is 5.92 Å². The molecule has 9 rings (SSSR count). The molecule has 85 heavy (non-hydrogen) atoms. The lowest BCUT2D eigenvalue weighted by Crippen LogP contribution is -2.56. The highest BCUT2D eigenvalue weighted by atomic mass is 32.2. The third kappa shape index (κ3) is 15.2. The van der Waals surface area contributed by atoms with E-state index in [9.17, 15) is 32.7 Å². The molecule has 1 aliphatic heterocycles. The van der Waals surface area contributed by atoms with E-state index in [0.29, 0.717) is 24.8 Å². The number of ether oxygens (including phenoxy) is 1. The van der Waals surface area contributed by atoms with E-state index in [2.05, 4.69) is 41.5 Å². The van der Waals surface area contributed by atoms with Gasteiger partial charge >= 0.3 is 6.03 Å². The first kappa shape index (κ1) is 60.6. The van der Waals surface area contributed by atoms with Crippen LogP contribution < -0.4 is 36.5 Å². The fraction of sp³-hybridized carbons (Fsp3) is 0.323. The number of urea groups is 1. The molecular formula is C65H70N9O10S-. The Morgan fingerprint density at radius 2 is 1.25 bits per heavy atom. The van der Waals surface area contributed by atoms with Gasteiger partial charge in [-0.25, -0.2) is 23.4 Å². The molecule has 6 amide bonds. The van der Waals surface area contributed by atoms with E-state index in [1.807, 2.05) is 109 Å². The minimum absolute atomic E-state index is 0.0388. The van der Waals surface area contributed by atoms with Gasteiger partial charge in [0.2, 0.25) is 27.7 Å². The first-order valence-corrected chi connectivity index (χ1v) is 30.3. The van der Waals surface area contributed by atoms with Crippen LogP contribution in [0.5, 0.6) is 0 Å². The second kappa shape index (κ2) is 28.5. The van der Waals surface area contributed by atoms with Crippen molar-refractivity contribution in [3.8, 4) is 11.1 Å². The van der Waals surface area contributed by atoms with Gasteiger partial charge in [0.1, 0.15) is 29.9 Å². The van der Waals surface area contributed by atoms with E-state index in [4.69, 9.17) is 4.74 Å². The molecule has 442 valence electrons. The van der Waals surface area contributed by atoms with Crippen molar-refractivity contribution in [1.29, 1.82) is 0 Å². The van der Waals surface area contributed by atoms with Crippen molar-refractivity contribution in [1.82, 2.24) is 36.3 Å². The summed E-state index contributed by atoms with van der Waals surface area (Å²) in [5.74, 6) is -4.25. The lowest BCUT2D eigenvalue weighted by molar-refractivity contribution is -0.251. The minimum atomic E-state index is -4.20. The Morgan fingerprint density at radius 1 is 0.694 bits per heavy atom. The summed E-state index contributed by atoms with van der Waals surface area (Å²) in [6, 6.07) is 42.8. The molecule has 6 aromatic carbocycles. The molecule has 0 radical (unpaired) electrons. The zero-order valence-electron chi connectivity index (χ0n) is 47.4. The number of hydrogen-bond acceptors (Lipinski definition) is 12. The van der Waals surface area contributed by atoms with Crippen LogP contribution in [0.25, 0.3) is 11.1 Å². The van der Waals surface area contributed by atoms with Gasteiger partial charge in [-0.1, -0.05) is 190 Å². The maximum absolute atomic E-state index is 15.4. The van der Waals surface area contributed by atoms with E-state index >= 15 is 9.59 Å². The Morgan fingerprint density at radius 3 is 1.82 bits per heavy atom. The Bertz CT molecular complexity index is 3410. The topological polar surface area (TPSA) is 269 Å². The van der Waals surface area contributed by atoms with Crippen molar-refractivity contribution < 1.29 is 47.0 Å². The van der Waals surface area contributed by atoms with E-state index in [1.54, 1.807) is 55.5 Å². The van der Waals surface area contributed by atoms with E-state index < -0.39 is 100 Å². The van der Waals surface area contributed by atoms with E-state index in [-0.39, 0.29) is 42.6 Å². The molecule has 1 unspecified atom stereocenters. The van der Waals surface area contributed by atoms with Crippen LogP contribution in [-0.4, -0.2) is 104 Å². The number of benzene rings is 6. The van der Waals surface area contributed by atoms with Crippen LogP contribution in [0.4, 0.5) is 4.79 Å². The molecule has 2 aliphatic carbocycles. The van der Waals surface area contributed by atoms with Gasteiger partial charge in [-0.05, 0) is 89.6 Å². The summed E-state index contributed by atoms with van der Waals surface area (Å²) in [4.78, 5) is 91.1. The summed E-state index contributed by atoms with van der Waals surface area (Å²) in [6.45, 7) is 2.12. The number of hydrazone groups is 1. The molecule has 6 aromatic rings. The fourth-order valence-corrected chi connectivity index (χ4v) is 12.9. The molecule has 0 aromatic heterocycles. The molecular weight excluding hydrogens is 1100 g/mol. The summed E-state index contributed by atoms with van der Waals surface area (Å²) in [5.41, 5.74) is 8.06. The Labute approximate surface area is 495 Å². The van der Waals surface area contributed by atoms with Crippen molar-refractivity contribution >= 4 is 57.3 Å². The van der Waals surface area contributed by atoms with Crippen LogP contribution in [0.2, 0.25) is 0 Å². The maximum atomic E-state index is 15.4. The standard InChI is InChI=1S/C65H71N9O10S/c1-3-23-54(60(62(78)66-39-56(76)68-57(42(2)75)43-24-9-4-10-25-43)71-72-64(80)69-58(44-26-11-5-12-27-44)45-28-13-6-14-29-45)67-61(77)55-38-47(73-85(82,83)48-32-17-8-18-33-48)40-74(55)63(79)59(46-30-15-7-16-31-46)70-65(81)84-41-53-51-36-21-19-34-49(51)50-35-20-22-37-52(50)53/h4-6,8-14,17-22,24-29,32-37,46-47,53-55,57-59,73H,3,7,15-16,23,30-31,38-41H2,1-2H3,(H,66,78)(H,67,77)(H,68,76)(H,70,81)(H2,69,72,80)/p-1/t47-,54+,55?,57-,59-/m1/s1. The number of rotatable bonds is 23. The zero-order chi connectivity index (χ0) is 59.9. The van der Waals surface area contributed by atoms with Crippen LogP contribution in [0.1, 0.15) is 111 Å². The number of likely N-dealkylation sites (tertiary alicyclic amines) is 1. The molecule has 1 saturated heterocycles. The van der Waals surface area contributed by atoms with Gasteiger partial charge in [0.15, 0.2) is 5.78 Å². The molecule has 5 atom stereocenters. The highest BCUT2D eigenvalue weighted by Crippen LogP contribution is 2.44. The molecule has 6 N–H and O–H groups in total. The van der Waals surface area contributed by atoms with Crippen molar-refractivity contribution in [3.05, 3.63) is 198 Å². The van der Waals surface area contributed by atoms with Gasteiger partial charge in [0, 0.05) is 25.1 Å². The van der Waals surface area contributed by atoms with Gasteiger partial charge in [-0.2, -0.15) is 5.10 Å². The number of carbonyl (C=O) groups excluding carboxylic acids is 6. The minimum Gasteiger partial charge on any atom is -0.599 e. The van der Waals surface area contributed by atoms with Crippen molar-refractivity contribution in [3.63, 3.8) is 0 Å². The predicted octanol–water partition coefficient (Wildman–Crippen LogP) is 6.72. The average molecular weight is 1170 g/mol. The number of aliphatic imine (C=N–C) groups is 1. The smallest absolute Gasteiger partial charge is 0.335 e. The van der Waals surface area contributed by atoms with Gasteiger partial charge in [0.05, 0.1) is 23.5 Å². The number of Topliss-reactive ketones (excluding diaryl/α,β-unsaturated/α-hetero) is 1. The number of hydrogen-bond donors (Lipinski definition) is 6. The van der Waals surface area contributed by atoms with Crippen molar-refractivity contribution in [2.45, 2.75) is 112 Å². The molecule has 19 nitrogen and oxygen atoms in total. The molecule has 0 bridgehead atoms. The molecule has 1 saturated carbocycles. The first-order chi connectivity index (χ1) is 41.2. The number of carbonyl (C=O) groups is 6. The molecule has 0 spiro atoms. The SMILES string of the molecule is CCC[C@H](NC(=O)C1C[C@@H](NS(=O)(=O)c2ccccc2)CN1C(=O)[C@H](N=C([O-])OCC1c2ccccc2-c2ccccc21)C1CCCCC1)C(=NNC(=O)NC(c1ccccc1)c1ccccc1)C(=O)NCC(=O)N[C@H](C(C)=O)c1ccccc1. The second-order valence-electron chi connectivity index (χ2n) is 21.5. The van der Waals surface area contributed by atoms with E-state index in [0.717, 1.165) is 52.6 Å². The first-order valence-electron chi connectivity index (χ1n) is 28.8. The average Bonchev–Trinajstić information content (AvgIpc) is 3.41. The van der Waals surface area contributed by atoms with Gasteiger partial charge in [0.25, 0.3) is 5.91 Å². The third-order valence-electron chi connectivity index (χ3n) is 15.7. The summed E-state index contributed by atoms with van der Waals surface area (Å²) < 4.78 is 36.5. The summed E-state index contributed by atoms with van der Waals surface area (Å²) in [5, 5.41) is 29.4. The third-order valence-corrected chi connectivity index (χ3v) is 17.3. The van der Waals surface area contributed by atoms with Gasteiger partial charge < -0.3 is 36.0 Å². The van der Waals surface area contributed by atoms with E-state index in [1.165, 1.54) is 24.0 Å². The number of sulfonamides is 1. The number of fused-ring (bicyclic) bond motifs is 3. The Kier molecular flexibility index (Phi) is 20.3. The van der Waals surface area contributed by atoms with Crippen LogP contribution in [0.15, 0.2) is 185 Å². The number of nitrogens with zero attached hydrogens (tertiary/aromatic N) is 3. The number of ketones is 1. The Hall–Kier alpha value is -9.01. The molecule has 1 heterocycles. The highest BCUT2D eigenvalue weighted by molar-refractivity contribution is 7.89. The van der Waals surface area contributed by atoms with Crippen LogP contribution in [0.3, 0.4) is 0 Å². The summed E-state index contributed by atoms with van der Waals surface area (Å²) in [7, 11) is -4.20. The molecule has 2 fully saturated rings. The number of amides is 6. The highest BCUT2D eigenvalue weighted by Gasteiger charge is 2.46. The normalized spacial score (nSPS) is 17.4. The quantitative estimate of drug-likeness (QED) is 0.0224. The van der Waals surface area contributed by atoms with Gasteiger partial charge in [-0.15, -0.1) is 0 Å². The maximum Gasteiger partial charge on any atom is 0.335 e. The molecule has 20 heteroatoms. The zero-order valence-corrected chi connectivity index (χ0v) is 48.2. The lowest BCUT2D eigenvalue weighted by atomic mass is 9.83.